The molecule has 0 amide bonds. The molecule has 0 aromatic rings. The molecule has 0 atom stereocenters. The van der Waals surface area contributed by atoms with E-state index in [1.54, 1.807) is 0 Å². The molecule has 1 saturated carbocycles. The van der Waals surface area contributed by atoms with Crippen molar-refractivity contribution in [3.8, 4) is 0 Å². The number of halogens is 2. The first-order chi connectivity index (χ1) is 3.67. The molecule has 0 bridgehead atoms. The molecule has 1 aliphatic rings. The molecule has 0 spiro atoms. The molecular formula is C3H9I2N3. The number of nitrogens with two attached hydrogens (primary N) is 2. The summed E-state index contributed by atoms with van der Waals surface area (Å²) in [5.74, 6) is 11.4. The van der Waals surface area contributed by atoms with Crippen molar-refractivity contribution >= 4 is 18.6 Å². The van der Waals surface area contributed by atoms with Gasteiger partial charge in [0.25, 0.3) is 0 Å². The van der Waals surface area contributed by atoms with Gasteiger partial charge in [-0.15, -0.1) is 0 Å². The molecule has 1 fully saturated rings. The summed E-state index contributed by atoms with van der Waals surface area (Å²) < 4.78 is 0.333. The van der Waals surface area contributed by atoms with E-state index in [4.69, 9.17) is 11.7 Å². The van der Waals surface area contributed by atoms with E-state index in [2.05, 4.69) is 18.6 Å². The third-order valence-corrected chi connectivity index (χ3v) is 6.87. The molecule has 0 saturated heterocycles. The first-order valence-corrected chi connectivity index (χ1v) is 9.65. The van der Waals surface area contributed by atoms with E-state index in [0.717, 1.165) is 0 Å². The Morgan fingerprint density at radius 3 is 2.12 bits per heavy atom. The fourth-order valence-electron chi connectivity index (χ4n) is 0.522. The van der Waals surface area contributed by atoms with Crippen LogP contribution in [-0.2, 0) is 0 Å². The third-order valence-electron chi connectivity index (χ3n) is 1.22. The van der Waals surface area contributed by atoms with Crippen molar-refractivity contribution in [1.29, 1.82) is 0 Å². The number of quaternary nitrogens is 1. The van der Waals surface area contributed by atoms with Crippen LogP contribution in [0, 0.1) is 0 Å². The van der Waals surface area contributed by atoms with Gasteiger partial charge in [0.2, 0.25) is 0 Å². The number of hydrogen-bond acceptors (Lipinski definition) is 2. The van der Waals surface area contributed by atoms with Crippen LogP contribution in [0.3, 0.4) is 0 Å². The number of hydrogen-bond donors (Lipinski definition) is 2. The number of rotatable bonds is 2. The minimum absolute atomic E-state index is 0.0537. The SMILES string of the molecule is N[N+](N)([I-]I)C1CC1. The van der Waals surface area contributed by atoms with Gasteiger partial charge in [-0.2, -0.15) is 0 Å². The molecule has 4 N–H and O–H groups in total. The van der Waals surface area contributed by atoms with Crippen LogP contribution in [0.4, 0.5) is 0 Å². The third kappa shape index (κ3) is 1.66. The van der Waals surface area contributed by atoms with Gasteiger partial charge < -0.3 is 0 Å². The Kier molecular flexibility index (Phi) is 2.35. The summed E-state index contributed by atoms with van der Waals surface area (Å²) in [5.41, 5.74) is 0. The van der Waals surface area contributed by atoms with E-state index < -0.39 is 0 Å². The van der Waals surface area contributed by atoms with E-state index in [1.807, 2.05) is 0 Å². The van der Waals surface area contributed by atoms with Crippen molar-refractivity contribution in [3.05, 3.63) is 0 Å². The molecular weight excluding hydrogens is 332 g/mol. The Balaban J connectivity index is 2.37. The molecule has 1 rings (SSSR count). The Hall–Kier alpha value is 1.34. The van der Waals surface area contributed by atoms with Gasteiger partial charge in [0.15, 0.2) is 0 Å². The summed E-state index contributed by atoms with van der Waals surface area (Å²) in [6, 6.07) is 0.597. The normalized spacial score (nSPS) is 21.9. The summed E-state index contributed by atoms with van der Waals surface area (Å²) in [5, 5.41) is 0. The maximum absolute atomic E-state index is 5.68. The maximum atomic E-state index is 5.68. The minimum atomic E-state index is -0.0537. The van der Waals surface area contributed by atoms with E-state index in [-0.39, 0.29) is 17.5 Å². The monoisotopic (exact) mass is 341 g/mol. The quantitative estimate of drug-likeness (QED) is 0.245. The topological polar surface area (TPSA) is 52.0 Å². The Morgan fingerprint density at radius 2 is 2.00 bits per heavy atom. The summed E-state index contributed by atoms with van der Waals surface area (Å²) >= 11 is 2.26. The van der Waals surface area contributed by atoms with Crippen molar-refractivity contribution in [3.63, 3.8) is 0 Å². The molecule has 0 aromatic carbocycles. The molecule has 3 nitrogen and oxygen atoms in total. The zero-order chi connectivity index (χ0) is 6.20. The second-order valence-electron chi connectivity index (χ2n) is 2.04. The first kappa shape index (κ1) is 7.45. The van der Waals surface area contributed by atoms with Crippen LogP contribution in [0.2, 0.25) is 0 Å². The predicted octanol–water partition coefficient (Wildman–Crippen LogP) is -2.93. The van der Waals surface area contributed by atoms with Crippen molar-refractivity contribution in [2.45, 2.75) is 18.9 Å². The van der Waals surface area contributed by atoms with E-state index in [0.29, 0.717) is 8.96 Å². The predicted molar refractivity (Wildman–Crippen MR) is 35.7 cm³/mol. The van der Waals surface area contributed by atoms with E-state index in [9.17, 15) is 0 Å². The van der Waals surface area contributed by atoms with Crippen LogP contribution in [0.1, 0.15) is 12.8 Å². The van der Waals surface area contributed by atoms with Gasteiger partial charge in [0, 0.05) is 0 Å². The molecule has 1 aliphatic carbocycles. The summed E-state index contributed by atoms with van der Waals surface area (Å²) in [7, 11) is 0. The zero-order valence-corrected chi connectivity index (χ0v) is 8.66. The molecule has 0 radical (unpaired) electrons. The second-order valence-corrected chi connectivity index (χ2v) is 6.52. The fraction of sp³-hybridized carbons (Fsp3) is 1.00. The zero-order valence-electron chi connectivity index (χ0n) is 4.35. The molecule has 0 heterocycles. The van der Waals surface area contributed by atoms with Crippen LogP contribution in [-0.4, -0.2) is 8.96 Å². The van der Waals surface area contributed by atoms with E-state index >= 15 is 0 Å². The Bertz CT molecular complexity index is 90.5. The summed E-state index contributed by atoms with van der Waals surface area (Å²) in [6.07, 6.45) is 2.46. The molecule has 0 aliphatic heterocycles. The second kappa shape index (κ2) is 2.52. The Morgan fingerprint density at radius 1 is 1.50 bits per heavy atom. The molecule has 5 heteroatoms. The van der Waals surface area contributed by atoms with Gasteiger partial charge in [0.05, 0.1) is 0 Å². The van der Waals surface area contributed by atoms with Gasteiger partial charge in [-0.25, -0.2) is 0 Å². The van der Waals surface area contributed by atoms with Crippen molar-refractivity contribution < 1.29 is 20.4 Å². The fourth-order valence-corrected chi connectivity index (χ4v) is 3.37. The molecule has 8 heavy (non-hydrogen) atoms. The van der Waals surface area contributed by atoms with Crippen molar-refractivity contribution in [2.75, 3.05) is 0 Å². The molecule has 0 unspecified atom stereocenters. The van der Waals surface area contributed by atoms with Gasteiger partial charge in [-0.3, -0.25) is 0 Å². The number of nitrogens with zero attached hydrogens (tertiary/aromatic N) is 1. The van der Waals surface area contributed by atoms with Crippen LogP contribution >= 0.6 is 18.6 Å². The standard InChI is InChI=1S/C3H9I2N3/c4-5-8(6,7)3-1-2-3/h3H,1-2,6-7H2. The molecule has 0 aromatic heterocycles. The van der Waals surface area contributed by atoms with Crippen molar-refractivity contribution in [1.82, 2.24) is 0 Å². The van der Waals surface area contributed by atoms with Gasteiger partial charge in [-0.1, -0.05) is 0 Å². The van der Waals surface area contributed by atoms with E-state index in [1.165, 1.54) is 12.8 Å². The van der Waals surface area contributed by atoms with Crippen LogP contribution in [0.15, 0.2) is 0 Å². The summed E-state index contributed by atoms with van der Waals surface area (Å²) in [4.78, 5) is 0. The van der Waals surface area contributed by atoms with Crippen LogP contribution in [0.5, 0.6) is 0 Å². The first-order valence-electron chi connectivity index (χ1n) is 2.40. The van der Waals surface area contributed by atoms with Gasteiger partial charge in [-0.05, 0) is 0 Å². The molecule has 50 valence electrons. The van der Waals surface area contributed by atoms with Crippen LogP contribution < -0.4 is 29.2 Å². The van der Waals surface area contributed by atoms with Crippen LogP contribution in [0.25, 0.3) is 0 Å². The average Bonchev–Trinajstić information content (AvgIpc) is 2.44. The van der Waals surface area contributed by atoms with Crippen molar-refractivity contribution in [2.24, 2.45) is 11.7 Å². The average molecular weight is 341 g/mol. The van der Waals surface area contributed by atoms with Gasteiger partial charge >= 0.3 is 69.6 Å². The summed E-state index contributed by atoms with van der Waals surface area (Å²) in [6.45, 7) is 0. The van der Waals surface area contributed by atoms with Gasteiger partial charge in [0.1, 0.15) is 0 Å². The Labute approximate surface area is 69.1 Å².